The third-order valence-electron chi connectivity index (χ3n) is 3.70. The fraction of sp³-hybridized carbons (Fsp3) is 0.438. The first-order chi connectivity index (χ1) is 10.0. The summed E-state index contributed by atoms with van der Waals surface area (Å²) in [5.74, 6) is -0.868. The second kappa shape index (κ2) is 7.32. The van der Waals surface area contributed by atoms with Crippen molar-refractivity contribution in [2.45, 2.75) is 42.3 Å². The van der Waals surface area contributed by atoms with Gasteiger partial charge in [0.25, 0.3) is 0 Å². The smallest absolute Gasteiger partial charge is 0.304 e. The number of alkyl halides is 2. The summed E-state index contributed by atoms with van der Waals surface area (Å²) in [5.41, 5.74) is 2.00. The molecule has 2 rings (SSSR count). The molecule has 0 saturated heterocycles. The average molecular weight is 373 g/mol. The summed E-state index contributed by atoms with van der Waals surface area (Å²) in [6.07, 6.45) is 1.65. The molecule has 3 atom stereocenters. The van der Waals surface area contributed by atoms with Crippen molar-refractivity contribution < 1.29 is 9.90 Å². The summed E-state index contributed by atoms with van der Waals surface area (Å²) < 4.78 is 0. The third kappa shape index (κ3) is 4.24. The number of benzene rings is 1. The number of carbonyl (C=O) groups is 1. The third-order valence-corrected chi connectivity index (χ3v) is 5.63. The molecule has 2 aromatic rings. The van der Waals surface area contributed by atoms with Crippen LogP contribution in [0.5, 0.6) is 0 Å². The summed E-state index contributed by atoms with van der Waals surface area (Å²) in [6, 6.07) is 10.0. The summed E-state index contributed by atoms with van der Waals surface area (Å²) in [5, 5.41) is 10.3. The zero-order valence-electron chi connectivity index (χ0n) is 11.9. The first-order valence-corrected chi connectivity index (χ1v) is 8.44. The van der Waals surface area contributed by atoms with Crippen LogP contribution >= 0.6 is 27.5 Å². The minimum atomic E-state index is -0.791. The van der Waals surface area contributed by atoms with Crippen molar-refractivity contribution in [2.24, 2.45) is 0 Å². The summed E-state index contributed by atoms with van der Waals surface area (Å²) in [6.45, 7) is 2.03. The maximum Gasteiger partial charge on any atom is 0.304 e. The number of hydrogen-bond acceptors (Lipinski definition) is 1. The maximum atomic E-state index is 11.2. The second-order valence-corrected chi connectivity index (χ2v) is 7.02. The van der Waals surface area contributed by atoms with Gasteiger partial charge in [-0.1, -0.05) is 41.1 Å². The molecule has 1 aromatic heterocycles. The molecule has 1 aromatic carbocycles. The maximum absolute atomic E-state index is 11.2. The van der Waals surface area contributed by atoms with E-state index in [0.29, 0.717) is 6.42 Å². The van der Waals surface area contributed by atoms with Gasteiger partial charge in [-0.05, 0) is 30.4 Å². The fourth-order valence-corrected chi connectivity index (χ4v) is 3.45. The molecule has 0 amide bonds. The molecule has 0 aliphatic rings. The number of aliphatic carboxylic acids is 1. The number of aromatic amines is 1. The molecule has 3 nitrogen and oxygen atoms in total. The monoisotopic (exact) mass is 371 g/mol. The Kier molecular flexibility index (Phi) is 5.71. The number of rotatable bonds is 7. The van der Waals surface area contributed by atoms with Crippen molar-refractivity contribution in [3.05, 3.63) is 36.0 Å². The number of fused-ring (bicyclic) bond motifs is 1. The van der Waals surface area contributed by atoms with E-state index in [9.17, 15) is 4.79 Å². The van der Waals surface area contributed by atoms with Crippen LogP contribution in [0.15, 0.2) is 30.3 Å². The van der Waals surface area contributed by atoms with Crippen LogP contribution in [0.4, 0.5) is 0 Å². The molecule has 0 aliphatic carbocycles. The average Bonchev–Trinajstić information content (AvgIpc) is 2.88. The highest BCUT2D eigenvalue weighted by Gasteiger charge is 2.24. The van der Waals surface area contributed by atoms with E-state index < -0.39 is 5.97 Å². The van der Waals surface area contributed by atoms with Crippen molar-refractivity contribution in [2.75, 3.05) is 0 Å². The molecule has 1 heterocycles. The summed E-state index contributed by atoms with van der Waals surface area (Å²) >= 11 is 9.85. The minimum Gasteiger partial charge on any atom is -0.481 e. The Balaban J connectivity index is 2.24. The number of carboxylic acid groups (broad SMARTS) is 1. The van der Waals surface area contributed by atoms with Gasteiger partial charge in [-0.2, -0.15) is 0 Å². The van der Waals surface area contributed by atoms with Crippen LogP contribution < -0.4 is 0 Å². The Labute approximate surface area is 137 Å². The zero-order chi connectivity index (χ0) is 15.4. The molecule has 0 spiro atoms. The van der Waals surface area contributed by atoms with Gasteiger partial charge in [0.15, 0.2) is 0 Å². The molecule has 0 fully saturated rings. The normalized spacial score (nSPS) is 15.8. The van der Waals surface area contributed by atoms with E-state index in [-0.39, 0.29) is 22.5 Å². The van der Waals surface area contributed by atoms with Crippen molar-refractivity contribution in [3.63, 3.8) is 0 Å². The highest BCUT2D eigenvalue weighted by molar-refractivity contribution is 9.09. The highest BCUT2D eigenvalue weighted by atomic mass is 79.9. The van der Waals surface area contributed by atoms with E-state index in [4.69, 9.17) is 16.7 Å². The number of halogens is 2. The molecular formula is C16H19BrClNO2. The minimum absolute atomic E-state index is 0.00525. The summed E-state index contributed by atoms with van der Waals surface area (Å²) in [4.78, 5) is 14.6. The van der Waals surface area contributed by atoms with Gasteiger partial charge in [0, 0.05) is 27.3 Å². The van der Waals surface area contributed by atoms with Crippen molar-refractivity contribution in [1.29, 1.82) is 0 Å². The van der Waals surface area contributed by atoms with Gasteiger partial charge in [0.2, 0.25) is 0 Å². The van der Waals surface area contributed by atoms with E-state index in [1.54, 1.807) is 0 Å². The Morgan fingerprint density at radius 1 is 1.43 bits per heavy atom. The predicted octanol–water partition coefficient (Wildman–Crippen LogP) is 4.90. The lowest BCUT2D eigenvalue weighted by Crippen LogP contribution is -2.19. The number of H-pyrrole nitrogens is 1. The number of hydrogen-bond donors (Lipinski definition) is 2. The van der Waals surface area contributed by atoms with Gasteiger partial charge in [-0.25, -0.2) is 0 Å². The Hall–Kier alpha value is -1.00. The molecule has 0 bridgehead atoms. The van der Waals surface area contributed by atoms with Crippen LogP contribution in [0.2, 0.25) is 0 Å². The lowest BCUT2D eigenvalue weighted by Gasteiger charge is -2.20. The Bertz CT molecular complexity index is 580. The zero-order valence-corrected chi connectivity index (χ0v) is 14.2. The molecule has 3 unspecified atom stereocenters. The quantitative estimate of drug-likeness (QED) is 0.679. The van der Waals surface area contributed by atoms with E-state index in [1.165, 1.54) is 0 Å². The number of para-hydroxylation sites is 1. The van der Waals surface area contributed by atoms with Gasteiger partial charge in [0.05, 0.1) is 6.42 Å². The van der Waals surface area contributed by atoms with Crippen molar-refractivity contribution in [1.82, 2.24) is 4.98 Å². The van der Waals surface area contributed by atoms with Crippen LogP contribution in [0.1, 0.15) is 37.8 Å². The van der Waals surface area contributed by atoms with Crippen molar-refractivity contribution >= 4 is 44.4 Å². The van der Waals surface area contributed by atoms with Gasteiger partial charge in [0.1, 0.15) is 0 Å². The Morgan fingerprint density at radius 2 is 2.14 bits per heavy atom. The standard InChI is InChI=1S/C16H19BrClNO2/c1-2-13(18)12(17)7-11(9-16(20)21)15-8-10-5-3-4-6-14(10)19-15/h3-6,8,11-13,19H,2,7,9H2,1H3,(H,20,21). The van der Waals surface area contributed by atoms with E-state index in [0.717, 1.165) is 23.0 Å². The highest BCUT2D eigenvalue weighted by Crippen LogP contribution is 2.32. The number of nitrogens with one attached hydrogen (secondary N) is 1. The molecule has 114 valence electrons. The topological polar surface area (TPSA) is 53.1 Å². The number of carboxylic acids is 1. The van der Waals surface area contributed by atoms with E-state index >= 15 is 0 Å². The Morgan fingerprint density at radius 3 is 2.76 bits per heavy atom. The van der Waals surface area contributed by atoms with Crippen LogP contribution in [0, 0.1) is 0 Å². The molecule has 0 saturated carbocycles. The molecule has 0 radical (unpaired) electrons. The fourth-order valence-electron chi connectivity index (χ4n) is 2.52. The lowest BCUT2D eigenvalue weighted by atomic mass is 9.94. The van der Waals surface area contributed by atoms with Gasteiger partial charge < -0.3 is 10.1 Å². The SMILES string of the molecule is CCC(Cl)C(Br)CC(CC(=O)O)c1cc2ccccc2[nH]1. The first kappa shape index (κ1) is 16.4. The molecule has 21 heavy (non-hydrogen) atoms. The number of aromatic nitrogens is 1. The lowest BCUT2D eigenvalue weighted by molar-refractivity contribution is -0.137. The first-order valence-electron chi connectivity index (χ1n) is 7.08. The second-order valence-electron chi connectivity index (χ2n) is 5.28. The molecule has 2 N–H and O–H groups in total. The summed E-state index contributed by atoms with van der Waals surface area (Å²) in [7, 11) is 0. The van der Waals surface area contributed by atoms with Crippen LogP contribution in [0.25, 0.3) is 10.9 Å². The molecule has 0 aliphatic heterocycles. The largest absolute Gasteiger partial charge is 0.481 e. The van der Waals surface area contributed by atoms with Gasteiger partial charge >= 0.3 is 5.97 Å². The van der Waals surface area contributed by atoms with Crippen LogP contribution in [0.3, 0.4) is 0 Å². The van der Waals surface area contributed by atoms with Gasteiger partial charge in [-0.15, -0.1) is 11.6 Å². The predicted molar refractivity (Wildman–Crippen MR) is 90.6 cm³/mol. The van der Waals surface area contributed by atoms with Crippen molar-refractivity contribution in [3.8, 4) is 0 Å². The van der Waals surface area contributed by atoms with Crippen LogP contribution in [-0.4, -0.2) is 26.3 Å². The van der Waals surface area contributed by atoms with Crippen LogP contribution in [-0.2, 0) is 4.79 Å². The van der Waals surface area contributed by atoms with Gasteiger partial charge in [-0.3, -0.25) is 4.79 Å². The van der Waals surface area contributed by atoms with E-state index in [1.807, 2.05) is 37.3 Å². The van der Waals surface area contributed by atoms with E-state index in [2.05, 4.69) is 20.9 Å². The molecule has 5 heteroatoms. The molecular weight excluding hydrogens is 354 g/mol.